The summed E-state index contributed by atoms with van der Waals surface area (Å²) < 4.78 is 0.209. The molecule has 0 spiro atoms. The molecule has 0 saturated carbocycles. The molecule has 1 heterocycles. The van der Waals surface area contributed by atoms with Gasteiger partial charge in [-0.15, -0.1) is 0 Å². The van der Waals surface area contributed by atoms with E-state index in [0.717, 1.165) is 5.56 Å². The molecule has 2 aromatic carbocycles. The molecule has 0 bridgehead atoms. The first-order valence-corrected chi connectivity index (χ1v) is 7.27. The topological polar surface area (TPSA) is 87.0 Å². The van der Waals surface area contributed by atoms with E-state index in [0.29, 0.717) is 16.5 Å². The van der Waals surface area contributed by atoms with E-state index in [4.69, 9.17) is 17.1 Å². The van der Waals surface area contributed by atoms with Crippen LogP contribution in [-0.4, -0.2) is 15.9 Å². The summed E-state index contributed by atoms with van der Waals surface area (Å²) in [5.74, 6) is -0.401. The Kier molecular flexibility index (Phi) is 4.31. The van der Waals surface area contributed by atoms with Gasteiger partial charge >= 0.3 is 0 Å². The van der Waals surface area contributed by atoms with Gasteiger partial charge in [-0.25, -0.2) is 5.48 Å². The molecule has 116 valence electrons. The highest BCUT2D eigenvalue weighted by Gasteiger charge is 2.08. The first-order chi connectivity index (χ1) is 11.1. The average molecular weight is 327 g/mol. The number of hydrogen-bond donors (Lipinski definition) is 3. The SMILES string of the molecule is O=C(NOCc1ccccc1)c1ccc2c(=O)[nH]c(=S)[nH]c2c1. The van der Waals surface area contributed by atoms with E-state index in [1.54, 1.807) is 18.2 Å². The third-order valence-electron chi connectivity index (χ3n) is 3.25. The van der Waals surface area contributed by atoms with Crippen LogP contribution in [0.3, 0.4) is 0 Å². The van der Waals surface area contributed by atoms with Gasteiger partial charge in [0.1, 0.15) is 0 Å². The molecule has 1 aromatic heterocycles. The average Bonchev–Trinajstić information content (AvgIpc) is 2.55. The maximum atomic E-state index is 12.1. The monoisotopic (exact) mass is 327 g/mol. The van der Waals surface area contributed by atoms with Gasteiger partial charge in [-0.1, -0.05) is 30.3 Å². The number of amides is 1. The van der Waals surface area contributed by atoms with Crippen molar-refractivity contribution in [1.29, 1.82) is 0 Å². The van der Waals surface area contributed by atoms with E-state index >= 15 is 0 Å². The van der Waals surface area contributed by atoms with Crippen molar-refractivity contribution in [2.75, 3.05) is 0 Å². The van der Waals surface area contributed by atoms with Crippen LogP contribution in [0.15, 0.2) is 53.3 Å². The van der Waals surface area contributed by atoms with Gasteiger partial charge in [-0.3, -0.25) is 19.4 Å². The highest BCUT2D eigenvalue weighted by atomic mass is 32.1. The van der Waals surface area contributed by atoms with Crippen molar-refractivity contribution >= 4 is 29.0 Å². The molecule has 0 unspecified atom stereocenters. The van der Waals surface area contributed by atoms with Crippen LogP contribution in [0.4, 0.5) is 0 Å². The Morgan fingerprint density at radius 1 is 1.13 bits per heavy atom. The smallest absolute Gasteiger partial charge is 0.274 e. The van der Waals surface area contributed by atoms with Gasteiger partial charge in [0.05, 0.1) is 17.5 Å². The normalized spacial score (nSPS) is 10.6. The minimum absolute atomic E-state index is 0.209. The summed E-state index contributed by atoms with van der Waals surface area (Å²) in [4.78, 5) is 34.4. The summed E-state index contributed by atoms with van der Waals surface area (Å²) in [6.45, 7) is 0.266. The number of H-pyrrole nitrogens is 2. The fraction of sp³-hybridized carbons (Fsp3) is 0.0625. The Morgan fingerprint density at radius 2 is 1.91 bits per heavy atom. The van der Waals surface area contributed by atoms with E-state index in [1.807, 2.05) is 30.3 Å². The largest absolute Gasteiger partial charge is 0.332 e. The van der Waals surface area contributed by atoms with Crippen LogP contribution in [0.1, 0.15) is 15.9 Å². The van der Waals surface area contributed by atoms with E-state index in [9.17, 15) is 9.59 Å². The first-order valence-electron chi connectivity index (χ1n) is 6.86. The van der Waals surface area contributed by atoms with E-state index < -0.39 is 5.91 Å². The van der Waals surface area contributed by atoms with Crippen LogP contribution in [0.2, 0.25) is 0 Å². The summed E-state index contributed by atoms with van der Waals surface area (Å²) in [7, 11) is 0. The molecule has 0 saturated heterocycles. The Labute approximate surface area is 136 Å². The lowest BCUT2D eigenvalue weighted by Gasteiger charge is -2.07. The molecule has 0 fully saturated rings. The summed E-state index contributed by atoms with van der Waals surface area (Å²) in [5.41, 5.74) is 3.89. The van der Waals surface area contributed by atoms with Crippen LogP contribution in [-0.2, 0) is 11.4 Å². The van der Waals surface area contributed by atoms with Crippen molar-refractivity contribution in [1.82, 2.24) is 15.4 Å². The lowest BCUT2D eigenvalue weighted by molar-refractivity contribution is 0.0233. The lowest BCUT2D eigenvalue weighted by Crippen LogP contribution is -2.23. The van der Waals surface area contributed by atoms with Crippen LogP contribution in [0.25, 0.3) is 10.9 Å². The number of hydroxylamine groups is 1. The molecular weight excluding hydrogens is 314 g/mol. The highest BCUT2D eigenvalue weighted by molar-refractivity contribution is 7.71. The Morgan fingerprint density at radius 3 is 2.70 bits per heavy atom. The number of aromatic amines is 2. The quantitative estimate of drug-likeness (QED) is 0.507. The number of rotatable bonds is 4. The number of aromatic nitrogens is 2. The second kappa shape index (κ2) is 6.55. The summed E-state index contributed by atoms with van der Waals surface area (Å²) in [5, 5.41) is 0.431. The van der Waals surface area contributed by atoms with Gasteiger partial charge in [-0.2, -0.15) is 0 Å². The Balaban J connectivity index is 1.73. The predicted octanol–water partition coefficient (Wildman–Crippen LogP) is 2.45. The zero-order chi connectivity index (χ0) is 16.2. The van der Waals surface area contributed by atoms with Gasteiger partial charge in [0.2, 0.25) is 0 Å². The number of fused-ring (bicyclic) bond motifs is 1. The predicted molar refractivity (Wildman–Crippen MR) is 88.5 cm³/mol. The molecule has 0 aliphatic rings. The van der Waals surface area contributed by atoms with Crippen LogP contribution >= 0.6 is 12.2 Å². The van der Waals surface area contributed by atoms with Gasteiger partial charge in [0, 0.05) is 5.56 Å². The van der Waals surface area contributed by atoms with E-state index in [1.165, 1.54) is 0 Å². The number of benzene rings is 2. The van der Waals surface area contributed by atoms with E-state index in [-0.39, 0.29) is 16.9 Å². The second-order valence-electron chi connectivity index (χ2n) is 4.87. The zero-order valence-corrected chi connectivity index (χ0v) is 12.8. The zero-order valence-electron chi connectivity index (χ0n) is 12.0. The minimum Gasteiger partial charge on any atom is -0.332 e. The third-order valence-corrected chi connectivity index (χ3v) is 3.45. The van der Waals surface area contributed by atoms with Gasteiger partial charge in [-0.05, 0) is 36.0 Å². The maximum Gasteiger partial charge on any atom is 0.274 e. The Hall–Kier alpha value is -2.77. The summed E-state index contributed by atoms with van der Waals surface area (Å²) in [6.07, 6.45) is 0. The van der Waals surface area contributed by atoms with Crippen LogP contribution < -0.4 is 11.0 Å². The van der Waals surface area contributed by atoms with Crippen molar-refractivity contribution < 1.29 is 9.63 Å². The number of hydrogen-bond acceptors (Lipinski definition) is 4. The molecule has 0 atom stereocenters. The molecule has 0 aliphatic heterocycles. The van der Waals surface area contributed by atoms with Crippen molar-refractivity contribution in [3.05, 3.63) is 74.8 Å². The van der Waals surface area contributed by atoms with Crippen LogP contribution in [0.5, 0.6) is 0 Å². The van der Waals surface area contributed by atoms with Crippen molar-refractivity contribution in [3.63, 3.8) is 0 Å². The fourth-order valence-electron chi connectivity index (χ4n) is 2.13. The summed E-state index contributed by atoms with van der Waals surface area (Å²) in [6, 6.07) is 14.2. The second-order valence-corrected chi connectivity index (χ2v) is 5.28. The molecule has 0 aliphatic carbocycles. The molecule has 0 radical (unpaired) electrons. The minimum atomic E-state index is -0.401. The molecule has 1 amide bonds. The number of carbonyl (C=O) groups excluding carboxylic acids is 1. The molecule has 3 aromatic rings. The van der Waals surface area contributed by atoms with Crippen molar-refractivity contribution in [2.24, 2.45) is 0 Å². The number of carbonyl (C=O) groups is 1. The fourth-order valence-corrected chi connectivity index (χ4v) is 2.33. The standard InChI is InChI=1S/C16H13N3O3S/c20-14(19-22-9-10-4-2-1-3-5-10)11-6-7-12-13(8-11)17-16(23)18-15(12)21/h1-8H,9H2,(H,19,20)(H2,17,18,21,23). The molecule has 7 heteroatoms. The maximum absolute atomic E-state index is 12.1. The first kappa shape index (κ1) is 15.1. The molecule has 23 heavy (non-hydrogen) atoms. The Bertz CT molecular complexity index is 963. The van der Waals surface area contributed by atoms with Crippen molar-refractivity contribution in [3.8, 4) is 0 Å². The molecule has 3 N–H and O–H groups in total. The highest BCUT2D eigenvalue weighted by Crippen LogP contribution is 2.10. The molecule has 3 rings (SSSR count). The summed E-state index contributed by atoms with van der Waals surface area (Å²) >= 11 is 4.92. The van der Waals surface area contributed by atoms with Gasteiger partial charge in [0.25, 0.3) is 11.5 Å². The third kappa shape index (κ3) is 3.53. The van der Waals surface area contributed by atoms with E-state index in [2.05, 4.69) is 15.4 Å². The number of nitrogens with one attached hydrogen (secondary N) is 3. The van der Waals surface area contributed by atoms with Crippen LogP contribution in [0, 0.1) is 4.77 Å². The van der Waals surface area contributed by atoms with Gasteiger partial charge in [0.15, 0.2) is 4.77 Å². The lowest BCUT2D eigenvalue weighted by atomic mass is 10.1. The molecular formula is C16H13N3O3S. The van der Waals surface area contributed by atoms with Crippen molar-refractivity contribution in [2.45, 2.75) is 6.61 Å². The van der Waals surface area contributed by atoms with Gasteiger partial charge < -0.3 is 4.98 Å². The molecule has 6 nitrogen and oxygen atoms in total.